The van der Waals surface area contributed by atoms with Crippen LogP contribution >= 0.6 is 11.8 Å². The lowest BCUT2D eigenvalue weighted by Gasteiger charge is -2.10. The molecular weight excluding hydrogens is 340 g/mol. The lowest BCUT2D eigenvalue weighted by molar-refractivity contribution is -0.116. The minimum atomic E-state index is -0.350. The molecule has 8 nitrogen and oxygen atoms in total. The molecule has 3 rings (SSSR count). The molecule has 3 aromatic rings. The molecule has 0 aliphatic carbocycles. The topological polar surface area (TPSA) is 106 Å². The molecule has 1 aromatic carbocycles. The normalized spacial score (nSPS) is 10.6. The summed E-state index contributed by atoms with van der Waals surface area (Å²) in [5.41, 5.74) is 0.761. The number of carbonyl (C=O) groups is 1. The minimum absolute atomic E-state index is 0.159. The van der Waals surface area contributed by atoms with Gasteiger partial charge in [0.15, 0.2) is 5.65 Å². The highest BCUT2D eigenvalue weighted by molar-refractivity contribution is 7.99. The maximum atomic E-state index is 12.4. The molecule has 0 aliphatic heterocycles. The van der Waals surface area contributed by atoms with E-state index in [1.54, 1.807) is 19.2 Å². The van der Waals surface area contributed by atoms with Crippen LogP contribution in [0.15, 0.2) is 46.5 Å². The number of nitrogens with one attached hydrogen (secondary N) is 1. The van der Waals surface area contributed by atoms with E-state index in [9.17, 15) is 9.59 Å². The molecule has 0 saturated heterocycles. The van der Waals surface area contributed by atoms with E-state index in [4.69, 9.17) is 5.26 Å². The number of rotatable bonds is 5. The van der Waals surface area contributed by atoms with Crippen LogP contribution < -0.4 is 10.9 Å². The summed E-state index contributed by atoms with van der Waals surface area (Å²) < 4.78 is 2.74. The van der Waals surface area contributed by atoms with Crippen LogP contribution in [-0.4, -0.2) is 31.0 Å². The zero-order chi connectivity index (χ0) is 17.8. The van der Waals surface area contributed by atoms with E-state index in [1.165, 1.54) is 33.5 Å². The molecule has 126 valence electrons. The van der Waals surface area contributed by atoms with Gasteiger partial charge in [-0.05, 0) is 12.1 Å². The van der Waals surface area contributed by atoms with E-state index in [0.717, 1.165) is 4.90 Å². The molecule has 0 atom stereocenters. The lowest BCUT2D eigenvalue weighted by Crippen LogP contribution is -2.28. The van der Waals surface area contributed by atoms with Gasteiger partial charge in [-0.1, -0.05) is 12.1 Å². The predicted molar refractivity (Wildman–Crippen MR) is 94.2 cm³/mol. The molecule has 9 heteroatoms. The first-order valence-corrected chi connectivity index (χ1v) is 8.34. The van der Waals surface area contributed by atoms with E-state index in [2.05, 4.69) is 21.5 Å². The molecule has 0 bridgehead atoms. The molecule has 0 aliphatic rings. The summed E-state index contributed by atoms with van der Waals surface area (Å²) in [6.07, 6.45) is 2.77. The first-order chi connectivity index (χ1) is 12.1. The zero-order valence-corrected chi connectivity index (χ0v) is 14.2. The van der Waals surface area contributed by atoms with E-state index in [1.807, 2.05) is 12.1 Å². The SMILES string of the molecule is Cn1ncc2c(=O)n(CC(=O)Nc3ccccc3SCC#N)cnc21. The van der Waals surface area contributed by atoms with Crippen LogP contribution in [0.2, 0.25) is 0 Å². The van der Waals surface area contributed by atoms with Gasteiger partial charge in [0.1, 0.15) is 18.3 Å². The Bertz CT molecular complexity index is 1030. The average Bonchev–Trinajstić information content (AvgIpc) is 2.98. The molecule has 0 radical (unpaired) electrons. The second kappa shape index (κ2) is 7.19. The summed E-state index contributed by atoms with van der Waals surface area (Å²) in [4.78, 5) is 29.7. The van der Waals surface area contributed by atoms with Crippen molar-refractivity contribution in [3.63, 3.8) is 0 Å². The van der Waals surface area contributed by atoms with Crippen molar-refractivity contribution in [2.75, 3.05) is 11.1 Å². The number of para-hydroxylation sites is 1. The number of aromatic nitrogens is 4. The van der Waals surface area contributed by atoms with Crippen molar-refractivity contribution in [1.29, 1.82) is 5.26 Å². The number of aryl methyl sites for hydroxylation is 1. The Labute approximate surface area is 147 Å². The molecular formula is C16H14N6O2S. The fraction of sp³-hybridized carbons (Fsp3) is 0.188. The van der Waals surface area contributed by atoms with Crippen LogP contribution in [0.3, 0.4) is 0 Å². The number of anilines is 1. The molecule has 0 spiro atoms. The summed E-state index contributed by atoms with van der Waals surface area (Å²) in [7, 11) is 1.70. The Morgan fingerprint density at radius 3 is 3.00 bits per heavy atom. The molecule has 1 amide bonds. The van der Waals surface area contributed by atoms with Crippen molar-refractivity contribution in [1.82, 2.24) is 19.3 Å². The Kier molecular flexibility index (Phi) is 4.81. The van der Waals surface area contributed by atoms with Crippen molar-refractivity contribution in [3.05, 3.63) is 47.1 Å². The Morgan fingerprint density at radius 2 is 2.20 bits per heavy atom. The van der Waals surface area contributed by atoms with Gasteiger partial charge in [0.05, 0.1) is 23.7 Å². The first kappa shape index (κ1) is 16.7. The minimum Gasteiger partial charge on any atom is -0.324 e. The largest absolute Gasteiger partial charge is 0.324 e. The van der Waals surface area contributed by atoms with Crippen LogP contribution in [0.5, 0.6) is 0 Å². The number of hydrogen-bond donors (Lipinski definition) is 1. The quantitative estimate of drug-likeness (QED) is 0.694. The fourth-order valence-electron chi connectivity index (χ4n) is 2.33. The van der Waals surface area contributed by atoms with E-state index in [-0.39, 0.29) is 23.8 Å². The highest BCUT2D eigenvalue weighted by atomic mass is 32.2. The van der Waals surface area contributed by atoms with Gasteiger partial charge in [0.2, 0.25) is 5.91 Å². The third kappa shape index (κ3) is 3.54. The number of fused-ring (bicyclic) bond motifs is 1. The van der Waals surface area contributed by atoms with E-state index >= 15 is 0 Å². The first-order valence-electron chi connectivity index (χ1n) is 7.36. The van der Waals surface area contributed by atoms with Crippen molar-refractivity contribution in [2.45, 2.75) is 11.4 Å². The number of amides is 1. The molecule has 2 aromatic heterocycles. The summed E-state index contributed by atoms with van der Waals surface area (Å²) in [5, 5.41) is 15.8. The zero-order valence-electron chi connectivity index (χ0n) is 13.3. The van der Waals surface area contributed by atoms with Gasteiger partial charge < -0.3 is 5.32 Å². The summed E-state index contributed by atoms with van der Waals surface area (Å²) in [6.45, 7) is -0.159. The predicted octanol–water partition coefficient (Wildman–Crippen LogP) is 1.38. The number of thioether (sulfide) groups is 1. The molecule has 0 fully saturated rings. The van der Waals surface area contributed by atoms with Crippen LogP contribution in [0.4, 0.5) is 5.69 Å². The maximum absolute atomic E-state index is 12.4. The third-order valence-electron chi connectivity index (χ3n) is 3.49. The van der Waals surface area contributed by atoms with Crippen LogP contribution in [0.25, 0.3) is 11.0 Å². The van der Waals surface area contributed by atoms with E-state index in [0.29, 0.717) is 16.7 Å². The number of hydrogen-bond acceptors (Lipinski definition) is 6. The standard InChI is InChI=1S/C16H14N6O2S/c1-21-15-11(8-19-21)16(24)22(10-18-15)9-14(23)20-12-4-2-3-5-13(12)25-7-6-17/h2-5,8,10H,7,9H2,1H3,(H,20,23). The molecule has 25 heavy (non-hydrogen) atoms. The Morgan fingerprint density at radius 1 is 1.40 bits per heavy atom. The third-order valence-corrected chi connectivity index (χ3v) is 4.43. The van der Waals surface area contributed by atoms with Gasteiger partial charge in [-0.25, -0.2) is 4.98 Å². The summed E-state index contributed by atoms with van der Waals surface area (Å²) in [5.74, 6) is -0.0642. The van der Waals surface area contributed by atoms with Gasteiger partial charge in [0, 0.05) is 11.9 Å². The van der Waals surface area contributed by atoms with E-state index < -0.39 is 0 Å². The van der Waals surface area contributed by atoms with Crippen molar-refractivity contribution >= 4 is 34.4 Å². The molecule has 1 N–H and O–H groups in total. The highest BCUT2D eigenvalue weighted by Gasteiger charge is 2.12. The van der Waals surface area contributed by atoms with Crippen molar-refractivity contribution < 1.29 is 4.79 Å². The van der Waals surface area contributed by atoms with Crippen molar-refractivity contribution in [2.24, 2.45) is 7.05 Å². The van der Waals surface area contributed by atoms with Crippen molar-refractivity contribution in [3.8, 4) is 6.07 Å². The maximum Gasteiger partial charge on any atom is 0.264 e. The highest BCUT2D eigenvalue weighted by Crippen LogP contribution is 2.26. The fourth-order valence-corrected chi connectivity index (χ4v) is 3.00. The monoisotopic (exact) mass is 354 g/mol. The van der Waals surface area contributed by atoms with Crippen LogP contribution in [-0.2, 0) is 18.4 Å². The lowest BCUT2D eigenvalue weighted by atomic mass is 10.3. The Hall–Kier alpha value is -3.12. The number of carbonyl (C=O) groups excluding carboxylic acids is 1. The number of benzene rings is 1. The van der Waals surface area contributed by atoms with Gasteiger partial charge >= 0.3 is 0 Å². The van der Waals surface area contributed by atoms with Crippen LogP contribution in [0, 0.1) is 11.3 Å². The smallest absolute Gasteiger partial charge is 0.264 e. The number of nitrogens with zero attached hydrogens (tertiary/aromatic N) is 5. The van der Waals surface area contributed by atoms with Gasteiger partial charge in [-0.2, -0.15) is 10.4 Å². The molecule has 0 saturated carbocycles. The number of nitriles is 1. The average molecular weight is 354 g/mol. The summed E-state index contributed by atoms with van der Waals surface area (Å²) >= 11 is 1.34. The Balaban J connectivity index is 1.79. The van der Waals surface area contributed by atoms with Gasteiger partial charge in [-0.15, -0.1) is 11.8 Å². The summed E-state index contributed by atoms with van der Waals surface area (Å²) in [6, 6.07) is 9.26. The molecule has 2 heterocycles. The second-order valence-corrected chi connectivity index (χ2v) is 6.19. The second-order valence-electron chi connectivity index (χ2n) is 5.17. The van der Waals surface area contributed by atoms with Gasteiger partial charge in [0.25, 0.3) is 5.56 Å². The van der Waals surface area contributed by atoms with Gasteiger partial charge in [-0.3, -0.25) is 18.8 Å². The van der Waals surface area contributed by atoms with Crippen LogP contribution in [0.1, 0.15) is 0 Å². The molecule has 0 unspecified atom stereocenters.